The van der Waals surface area contributed by atoms with Crippen molar-refractivity contribution in [3.8, 4) is 11.4 Å². The molecule has 0 bridgehead atoms. The molecule has 0 aliphatic carbocycles. The van der Waals surface area contributed by atoms with E-state index in [9.17, 15) is 4.79 Å². The van der Waals surface area contributed by atoms with Gasteiger partial charge in [0.2, 0.25) is 0 Å². The van der Waals surface area contributed by atoms with Gasteiger partial charge in [0.15, 0.2) is 5.82 Å². The van der Waals surface area contributed by atoms with Crippen LogP contribution < -0.4 is 0 Å². The van der Waals surface area contributed by atoms with Gasteiger partial charge < -0.3 is 9.64 Å². The molecule has 2 aromatic heterocycles. The van der Waals surface area contributed by atoms with E-state index >= 15 is 0 Å². The van der Waals surface area contributed by atoms with Gasteiger partial charge in [-0.3, -0.25) is 9.67 Å². The fourth-order valence-electron chi connectivity index (χ4n) is 2.58. The molecule has 1 aliphatic heterocycles. The zero-order chi connectivity index (χ0) is 18.0. The first-order valence-corrected chi connectivity index (χ1v) is 8.31. The summed E-state index contributed by atoms with van der Waals surface area (Å²) in [6, 6.07) is 3.94. The van der Waals surface area contributed by atoms with Gasteiger partial charge in [-0.15, -0.1) is 0 Å². The number of pyridine rings is 1. The predicted molar refractivity (Wildman–Crippen MR) is 94.6 cm³/mol. The number of aryl methyl sites for hydroxylation is 1. The Morgan fingerprint density at radius 1 is 1.24 bits per heavy atom. The van der Waals surface area contributed by atoms with Crippen molar-refractivity contribution in [3.05, 3.63) is 36.4 Å². The van der Waals surface area contributed by atoms with Crippen LogP contribution in [0.5, 0.6) is 0 Å². The summed E-state index contributed by atoms with van der Waals surface area (Å²) in [6.45, 7) is 6.79. The average molecular weight is 341 g/mol. The van der Waals surface area contributed by atoms with Crippen molar-refractivity contribution in [2.45, 2.75) is 32.8 Å². The summed E-state index contributed by atoms with van der Waals surface area (Å²) in [4.78, 5) is 22.6. The molecule has 0 saturated heterocycles. The number of rotatable bonds is 2. The maximum absolute atomic E-state index is 12.1. The lowest BCUT2D eigenvalue weighted by Crippen LogP contribution is -2.39. The molecular formula is C18H23N5O2. The van der Waals surface area contributed by atoms with Crippen LogP contribution in [0.1, 0.15) is 32.9 Å². The molecule has 7 nitrogen and oxygen atoms in total. The van der Waals surface area contributed by atoms with Gasteiger partial charge in [0, 0.05) is 31.9 Å². The molecule has 3 heterocycles. The second-order valence-corrected chi connectivity index (χ2v) is 7.08. The van der Waals surface area contributed by atoms with Crippen molar-refractivity contribution >= 4 is 11.7 Å². The van der Waals surface area contributed by atoms with Crippen LogP contribution in [-0.2, 0) is 11.8 Å². The number of nitrogens with zero attached hydrogens (tertiary/aromatic N) is 5. The van der Waals surface area contributed by atoms with E-state index in [-0.39, 0.29) is 6.09 Å². The third-order valence-electron chi connectivity index (χ3n) is 3.81. The van der Waals surface area contributed by atoms with E-state index in [1.165, 1.54) is 0 Å². The van der Waals surface area contributed by atoms with Crippen LogP contribution in [0.25, 0.3) is 17.0 Å². The quantitative estimate of drug-likeness (QED) is 0.840. The van der Waals surface area contributed by atoms with Crippen molar-refractivity contribution in [2.24, 2.45) is 7.05 Å². The molecule has 0 radical (unpaired) electrons. The van der Waals surface area contributed by atoms with E-state index in [0.29, 0.717) is 18.9 Å². The molecule has 25 heavy (non-hydrogen) atoms. The highest BCUT2D eigenvalue weighted by atomic mass is 16.6. The Labute approximate surface area is 147 Å². The van der Waals surface area contributed by atoms with E-state index in [1.807, 2.05) is 46.0 Å². The van der Waals surface area contributed by atoms with Crippen LogP contribution >= 0.6 is 0 Å². The van der Waals surface area contributed by atoms with Crippen LogP contribution in [0, 0.1) is 0 Å². The lowest BCUT2D eigenvalue weighted by Gasteiger charge is -2.29. The van der Waals surface area contributed by atoms with Gasteiger partial charge in [0.25, 0.3) is 0 Å². The highest BCUT2D eigenvalue weighted by molar-refractivity contribution is 5.72. The lowest BCUT2D eigenvalue weighted by atomic mass is 10.0. The maximum Gasteiger partial charge on any atom is 0.410 e. The minimum absolute atomic E-state index is 0.271. The normalized spacial score (nSPS) is 15.0. The van der Waals surface area contributed by atoms with Crippen molar-refractivity contribution < 1.29 is 9.53 Å². The summed E-state index contributed by atoms with van der Waals surface area (Å²) in [6.07, 6.45) is 5.97. The van der Waals surface area contributed by atoms with Gasteiger partial charge >= 0.3 is 6.09 Å². The van der Waals surface area contributed by atoms with E-state index in [4.69, 9.17) is 4.74 Å². The van der Waals surface area contributed by atoms with Crippen molar-refractivity contribution in [2.75, 3.05) is 13.1 Å². The van der Waals surface area contributed by atoms with Gasteiger partial charge in [-0.1, -0.05) is 6.08 Å². The number of carbonyl (C=O) groups excluding carboxylic acids is 1. The Balaban J connectivity index is 1.66. The summed E-state index contributed by atoms with van der Waals surface area (Å²) >= 11 is 0. The van der Waals surface area contributed by atoms with Crippen LogP contribution in [0.15, 0.2) is 30.7 Å². The first-order chi connectivity index (χ1) is 11.8. The molecule has 2 aromatic rings. The highest BCUT2D eigenvalue weighted by Crippen LogP contribution is 2.23. The minimum Gasteiger partial charge on any atom is -0.444 e. The molecule has 132 valence electrons. The highest BCUT2D eigenvalue weighted by Gasteiger charge is 2.24. The molecule has 0 fully saturated rings. The fraction of sp³-hybridized carbons (Fsp3) is 0.444. The van der Waals surface area contributed by atoms with Crippen LogP contribution in [0.2, 0.25) is 0 Å². The van der Waals surface area contributed by atoms with E-state index in [2.05, 4.69) is 15.1 Å². The monoisotopic (exact) mass is 341 g/mol. The minimum atomic E-state index is -0.474. The summed E-state index contributed by atoms with van der Waals surface area (Å²) in [5.74, 6) is 0.662. The molecule has 3 rings (SSSR count). The summed E-state index contributed by atoms with van der Waals surface area (Å²) in [5.41, 5.74) is 2.47. The van der Waals surface area contributed by atoms with Crippen molar-refractivity contribution in [3.63, 3.8) is 0 Å². The smallest absolute Gasteiger partial charge is 0.410 e. The molecule has 0 atom stereocenters. The molecule has 0 spiro atoms. The zero-order valence-corrected chi connectivity index (χ0v) is 15.1. The Morgan fingerprint density at radius 2 is 2.04 bits per heavy atom. The maximum atomic E-state index is 12.1. The Morgan fingerprint density at radius 3 is 2.56 bits per heavy atom. The third kappa shape index (κ3) is 4.23. The standard InChI is InChI=1S/C18H23N5O2/c1-18(2,3)25-17(24)23-9-7-13(8-10-23)15-6-5-14(11-19-15)16-20-12-22(4)21-16/h5-7,11-12H,8-10H2,1-4H3. The molecular weight excluding hydrogens is 318 g/mol. The molecule has 0 aromatic carbocycles. The predicted octanol–water partition coefficient (Wildman–Crippen LogP) is 2.90. The van der Waals surface area contributed by atoms with Crippen LogP contribution in [0.3, 0.4) is 0 Å². The number of aromatic nitrogens is 4. The Hall–Kier alpha value is -2.70. The van der Waals surface area contributed by atoms with Crippen molar-refractivity contribution in [1.29, 1.82) is 0 Å². The average Bonchev–Trinajstić information content (AvgIpc) is 3.00. The zero-order valence-electron chi connectivity index (χ0n) is 15.1. The van der Waals surface area contributed by atoms with E-state index in [1.54, 1.807) is 22.1 Å². The molecule has 0 N–H and O–H groups in total. The lowest BCUT2D eigenvalue weighted by molar-refractivity contribution is 0.0270. The largest absolute Gasteiger partial charge is 0.444 e. The molecule has 0 saturated carbocycles. The molecule has 7 heteroatoms. The molecule has 1 aliphatic rings. The van der Waals surface area contributed by atoms with Gasteiger partial charge in [0.05, 0.1) is 5.69 Å². The van der Waals surface area contributed by atoms with Crippen LogP contribution in [0.4, 0.5) is 4.79 Å². The van der Waals surface area contributed by atoms with Gasteiger partial charge in [-0.2, -0.15) is 5.10 Å². The number of ether oxygens (including phenoxy) is 1. The Kier molecular flexibility index (Phi) is 4.57. The third-order valence-corrected chi connectivity index (χ3v) is 3.81. The first kappa shape index (κ1) is 17.1. The summed E-state index contributed by atoms with van der Waals surface area (Å²) in [5, 5.41) is 4.27. The van der Waals surface area contributed by atoms with E-state index in [0.717, 1.165) is 23.3 Å². The fourth-order valence-corrected chi connectivity index (χ4v) is 2.58. The van der Waals surface area contributed by atoms with Gasteiger partial charge in [-0.05, 0) is 44.9 Å². The second kappa shape index (κ2) is 6.66. The Bertz CT molecular complexity index is 787. The SMILES string of the molecule is Cn1cnc(-c2ccc(C3=CCN(C(=O)OC(C)(C)C)CC3)nc2)n1. The number of amides is 1. The van der Waals surface area contributed by atoms with Gasteiger partial charge in [0.1, 0.15) is 11.9 Å². The molecule has 1 amide bonds. The summed E-state index contributed by atoms with van der Waals surface area (Å²) < 4.78 is 7.08. The van der Waals surface area contributed by atoms with Gasteiger partial charge in [-0.25, -0.2) is 9.78 Å². The number of hydrogen-bond acceptors (Lipinski definition) is 5. The number of hydrogen-bond donors (Lipinski definition) is 0. The number of carbonyl (C=O) groups is 1. The second-order valence-electron chi connectivity index (χ2n) is 7.08. The molecule has 0 unspecified atom stereocenters. The van der Waals surface area contributed by atoms with Crippen molar-refractivity contribution in [1.82, 2.24) is 24.6 Å². The topological polar surface area (TPSA) is 73.1 Å². The van der Waals surface area contributed by atoms with E-state index < -0.39 is 5.60 Å². The first-order valence-electron chi connectivity index (χ1n) is 8.31. The van der Waals surface area contributed by atoms with Crippen LogP contribution in [-0.4, -0.2) is 49.4 Å². The summed E-state index contributed by atoms with van der Waals surface area (Å²) in [7, 11) is 1.83.